The summed E-state index contributed by atoms with van der Waals surface area (Å²) < 4.78 is 10.9. The molecule has 0 atom stereocenters. The van der Waals surface area contributed by atoms with Crippen LogP contribution >= 0.6 is 11.6 Å². The van der Waals surface area contributed by atoms with Gasteiger partial charge in [-0.3, -0.25) is 0 Å². The highest BCUT2D eigenvalue weighted by atomic mass is 35.5. The number of methoxy groups -OCH3 is 1. The van der Waals surface area contributed by atoms with Crippen LogP contribution in [0.2, 0.25) is 5.02 Å². The molecule has 3 nitrogen and oxygen atoms in total. The average molecular weight is 264 g/mol. The van der Waals surface area contributed by atoms with Crippen molar-refractivity contribution in [3.63, 3.8) is 0 Å². The summed E-state index contributed by atoms with van der Waals surface area (Å²) in [6, 6.07) is 12.9. The second kappa shape index (κ2) is 5.65. The Morgan fingerprint density at radius 2 is 1.89 bits per heavy atom. The molecule has 0 heterocycles. The summed E-state index contributed by atoms with van der Waals surface area (Å²) in [4.78, 5) is 0. The minimum atomic E-state index is 0.359. The monoisotopic (exact) mass is 263 g/mol. The molecule has 0 aliphatic rings. The lowest BCUT2D eigenvalue weighted by Crippen LogP contribution is -2.01. The van der Waals surface area contributed by atoms with Crippen molar-refractivity contribution in [2.24, 2.45) is 0 Å². The number of nitrogen functional groups attached to an aromatic ring is 1. The quantitative estimate of drug-likeness (QED) is 0.859. The van der Waals surface area contributed by atoms with Crippen molar-refractivity contribution in [2.45, 2.75) is 6.61 Å². The predicted octanol–water partition coefficient (Wildman–Crippen LogP) is 3.51. The van der Waals surface area contributed by atoms with Gasteiger partial charge < -0.3 is 15.2 Å². The summed E-state index contributed by atoms with van der Waals surface area (Å²) in [7, 11) is 1.63. The van der Waals surface area contributed by atoms with Crippen LogP contribution in [0.25, 0.3) is 0 Å². The number of hydrogen-bond donors (Lipinski definition) is 1. The molecule has 0 bridgehead atoms. The molecule has 2 N–H and O–H groups in total. The van der Waals surface area contributed by atoms with Crippen molar-refractivity contribution < 1.29 is 9.47 Å². The van der Waals surface area contributed by atoms with Crippen molar-refractivity contribution in [3.8, 4) is 11.5 Å². The second-order valence-electron chi connectivity index (χ2n) is 3.76. The van der Waals surface area contributed by atoms with Gasteiger partial charge in [0, 0.05) is 5.56 Å². The number of rotatable bonds is 4. The first kappa shape index (κ1) is 12.6. The predicted molar refractivity (Wildman–Crippen MR) is 73.2 cm³/mol. The van der Waals surface area contributed by atoms with Crippen molar-refractivity contribution in [2.75, 3.05) is 12.8 Å². The fourth-order valence-corrected chi connectivity index (χ4v) is 1.89. The lowest BCUT2D eigenvalue weighted by Gasteiger charge is -2.12. The third kappa shape index (κ3) is 2.68. The van der Waals surface area contributed by atoms with E-state index in [1.165, 1.54) is 0 Å². The standard InChI is InChI=1S/C14H14ClNO2/c1-17-13-8-3-2-5-10(13)9-18-14-11(15)6-4-7-12(14)16/h2-8H,9,16H2,1H3. The van der Waals surface area contributed by atoms with Crippen LogP contribution in [0.3, 0.4) is 0 Å². The smallest absolute Gasteiger partial charge is 0.161 e. The fourth-order valence-electron chi connectivity index (χ4n) is 1.65. The number of nitrogens with two attached hydrogens (primary N) is 1. The number of para-hydroxylation sites is 2. The van der Waals surface area contributed by atoms with Crippen LogP contribution in [-0.2, 0) is 6.61 Å². The molecular weight excluding hydrogens is 250 g/mol. The maximum Gasteiger partial charge on any atom is 0.161 e. The van der Waals surface area contributed by atoms with E-state index in [4.69, 9.17) is 26.8 Å². The van der Waals surface area contributed by atoms with Gasteiger partial charge in [0.15, 0.2) is 5.75 Å². The van der Waals surface area contributed by atoms with E-state index in [0.29, 0.717) is 23.1 Å². The zero-order chi connectivity index (χ0) is 13.0. The first-order valence-electron chi connectivity index (χ1n) is 5.51. The van der Waals surface area contributed by atoms with Crippen molar-refractivity contribution in [1.29, 1.82) is 0 Å². The molecule has 0 unspecified atom stereocenters. The van der Waals surface area contributed by atoms with Crippen molar-refractivity contribution >= 4 is 17.3 Å². The van der Waals surface area contributed by atoms with Crippen molar-refractivity contribution in [1.82, 2.24) is 0 Å². The molecule has 0 saturated heterocycles. The normalized spacial score (nSPS) is 10.1. The summed E-state index contributed by atoms with van der Waals surface area (Å²) in [5, 5.41) is 0.505. The Hall–Kier alpha value is -1.87. The summed E-state index contributed by atoms with van der Waals surface area (Å²) in [6.07, 6.45) is 0. The van der Waals surface area contributed by atoms with Gasteiger partial charge in [-0.15, -0.1) is 0 Å². The van der Waals surface area contributed by atoms with E-state index in [9.17, 15) is 0 Å². The minimum Gasteiger partial charge on any atom is -0.496 e. The Morgan fingerprint density at radius 3 is 2.61 bits per heavy atom. The Bertz CT molecular complexity index is 523. The zero-order valence-corrected chi connectivity index (χ0v) is 10.8. The average Bonchev–Trinajstić information content (AvgIpc) is 2.38. The van der Waals surface area contributed by atoms with E-state index in [1.807, 2.05) is 24.3 Å². The molecule has 94 valence electrons. The van der Waals surface area contributed by atoms with Crippen LogP contribution in [0.1, 0.15) is 5.56 Å². The van der Waals surface area contributed by atoms with E-state index in [0.717, 1.165) is 11.3 Å². The van der Waals surface area contributed by atoms with Gasteiger partial charge in [-0.1, -0.05) is 35.9 Å². The fraction of sp³-hybridized carbons (Fsp3) is 0.143. The molecule has 0 amide bonds. The lowest BCUT2D eigenvalue weighted by molar-refractivity contribution is 0.298. The van der Waals surface area contributed by atoms with Gasteiger partial charge >= 0.3 is 0 Å². The van der Waals surface area contributed by atoms with Crippen LogP contribution in [0.15, 0.2) is 42.5 Å². The van der Waals surface area contributed by atoms with E-state index in [-0.39, 0.29) is 0 Å². The molecule has 2 rings (SSSR count). The van der Waals surface area contributed by atoms with Crippen LogP contribution in [-0.4, -0.2) is 7.11 Å². The first-order chi connectivity index (χ1) is 8.72. The van der Waals surface area contributed by atoms with Gasteiger partial charge in [0.25, 0.3) is 0 Å². The topological polar surface area (TPSA) is 44.5 Å². The summed E-state index contributed by atoms with van der Waals surface area (Å²) >= 11 is 6.03. The van der Waals surface area contributed by atoms with Gasteiger partial charge in [-0.2, -0.15) is 0 Å². The third-order valence-electron chi connectivity index (χ3n) is 2.56. The van der Waals surface area contributed by atoms with Crippen molar-refractivity contribution in [3.05, 3.63) is 53.1 Å². The molecule has 4 heteroatoms. The van der Waals surface area contributed by atoms with Crippen LogP contribution in [0.4, 0.5) is 5.69 Å². The van der Waals surface area contributed by atoms with Gasteiger partial charge in [0.05, 0.1) is 17.8 Å². The second-order valence-corrected chi connectivity index (χ2v) is 4.17. The van der Waals surface area contributed by atoms with E-state index < -0.39 is 0 Å². The van der Waals surface area contributed by atoms with Gasteiger partial charge in [0.2, 0.25) is 0 Å². The molecule has 0 aliphatic heterocycles. The number of hydrogen-bond acceptors (Lipinski definition) is 3. The van der Waals surface area contributed by atoms with E-state index >= 15 is 0 Å². The maximum absolute atomic E-state index is 6.03. The zero-order valence-electron chi connectivity index (χ0n) is 10.0. The van der Waals surface area contributed by atoms with E-state index in [2.05, 4.69) is 0 Å². The molecule has 2 aromatic rings. The lowest BCUT2D eigenvalue weighted by atomic mass is 10.2. The van der Waals surface area contributed by atoms with E-state index in [1.54, 1.807) is 25.3 Å². The molecule has 0 spiro atoms. The van der Waals surface area contributed by atoms with Gasteiger partial charge in [0.1, 0.15) is 12.4 Å². The minimum absolute atomic E-state index is 0.359. The largest absolute Gasteiger partial charge is 0.496 e. The molecule has 0 aliphatic carbocycles. The van der Waals surface area contributed by atoms with Crippen LogP contribution < -0.4 is 15.2 Å². The Morgan fingerprint density at radius 1 is 1.11 bits per heavy atom. The Kier molecular flexibility index (Phi) is 3.95. The maximum atomic E-state index is 6.03. The number of benzene rings is 2. The summed E-state index contributed by atoms with van der Waals surface area (Å²) in [5.74, 6) is 1.29. The van der Waals surface area contributed by atoms with Gasteiger partial charge in [-0.25, -0.2) is 0 Å². The molecule has 2 aromatic carbocycles. The SMILES string of the molecule is COc1ccccc1COc1c(N)cccc1Cl. The number of ether oxygens (including phenoxy) is 2. The van der Waals surface area contributed by atoms with Crippen LogP contribution in [0.5, 0.6) is 11.5 Å². The summed E-state index contributed by atoms with van der Waals surface area (Å²) in [6.45, 7) is 0.359. The Balaban J connectivity index is 2.16. The third-order valence-corrected chi connectivity index (χ3v) is 2.86. The first-order valence-corrected chi connectivity index (χ1v) is 5.89. The molecule has 0 aromatic heterocycles. The highest BCUT2D eigenvalue weighted by Crippen LogP contribution is 2.31. The molecule has 0 saturated carbocycles. The highest BCUT2D eigenvalue weighted by Gasteiger charge is 2.08. The number of halogens is 1. The van der Waals surface area contributed by atoms with Crippen LogP contribution in [0, 0.1) is 0 Å². The molecular formula is C14H14ClNO2. The number of anilines is 1. The highest BCUT2D eigenvalue weighted by molar-refractivity contribution is 6.32. The molecule has 18 heavy (non-hydrogen) atoms. The summed E-state index contributed by atoms with van der Waals surface area (Å²) in [5.41, 5.74) is 7.28. The molecule has 0 fully saturated rings. The Labute approximate surface area is 111 Å². The molecule has 0 radical (unpaired) electrons. The van der Waals surface area contributed by atoms with Gasteiger partial charge in [-0.05, 0) is 18.2 Å².